The van der Waals surface area contributed by atoms with Crippen molar-refractivity contribution in [3.63, 3.8) is 0 Å². The molecule has 0 aliphatic heterocycles. The lowest BCUT2D eigenvalue weighted by molar-refractivity contribution is 0.598. The van der Waals surface area contributed by atoms with Crippen molar-refractivity contribution in [2.24, 2.45) is 5.14 Å². The highest BCUT2D eigenvalue weighted by Gasteiger charge is 2.18. The number of fused-ring (bicyclic) bond motifs is 1. The molecule has 2 aromatic carbocycles. The fourth-order valence-corrected chi connectivity index (χ4v) is 5.13. The maximum Gasteiger partial charge on any atom is 0.238 e. The van der Waals surface area contributed by atoms with E-state index in [9.17, 15) is 13.2 Å². The Bertz CT molecular complexity index is 1260. The molecule has 130 valence electrons. The highest BCUT2D eigenvalue weighted by Crippen LogP contribution is 2.37. The lowest BCUT2D eigenvalue weighted by Crippen LogP contribution is -2.11. The molecule has 0 saturated heterocycles. The number of sulfonamides is 1. The summed E-state index contributed by atoms with van der Waals surface area (Å²) in [5, 5.41) is 8.28. The molecule has 2 heterocycles. The Morgan fingerprint density at radius 2 is 1.73 bits per heavy atom. The third-order valence-corrected chi connectivity index (χ3v) is 6.83. The molecular weight excluding hydrogens is 388 g/mol. The molecular formula is C18H12N2O3S3. The largest absolute Gasteiger partial charge is 0.288 e. The molecule has 2 N–H and O–H groups in total. The van der Waals surface area contributed by atoms with Crippen molar-refractivity contribution in [1.29, 1.82) is 0 Å². The van der Waals surface area contributed by atoms with Crippen LogP contribution in [0.15, 0.2) is 69.8 Å². The van der Waals surface area contributed by atoms with Gasteiger partial charge in [0.15, 0.2) is 5.43 Å². The molecule has 4 aromatic rings. The van der Waals surface area contributed by atoms with Crippen molar-refractivity contribution in [1.82, 2.24) is 4.98 Å². The fraction of sp³-hybridized carbons (Fsp3) is 0. The highest BCUT2D eigenvalue weighted by atomic mass is 32.2. The molecule has 0 atom stereocenters. The standard InChI is InChI=1S/C18H12N2O3S3/c19-26(22,23)12-7-5-11(6-8-12)17-15(18-20-9-10-24-18)16(21)13-3-1-2-4-14(13)25-17/h1-10H,(H2,19,22,23). The number of hydrogen-bond acceptors (Lipinski definition) is 6. The van der Waals surface area contributed by atoms with Crippen LogP contribution in [-0.2, 0) is 10.0 Å². The maximum atomic E-state index is 13.1. The number of benzene rings is 2. The summed E-state index contributed by atoms with van der Waals surface area (Å²) < 4.78 is 23.8. The summed E-state index contributed by atoms with van der Waals surface area (Å²) in [7, 11) is -3.77. The van der Waals surface area contributed by atoms with Crippen molar-refractivity contribution in [3.8, 4) is 21.0 Å². The Kier molecular flexibility index (Phi) is 4.20. The van der Waals surface area contributed by atoms with Gasteiger partial charge in [-0.15, -0.1) is 22.7 Å². The van der Waals surface area contributed by atoms with E-state index < -0.39 is 10.0 Å². The first-order valence-electron chi connectivity index (χ1n) is 7.54. The zero-order valence-corrected chi connectivity index (χ0v) is 15.7. The first-order chi connectivity index (χ1) is 12.4. The summed E-state index contributed by atoms with van der Waals surface area (Å²) in [6.07, 6.45) is 1.66. The van der Waals surface area contributed by atoms with Gasteiger partial charge in [0.1, 0.15) is 5.01 Å². The third-order valence-electron chi connectivity index (χ3n) is 3.89. The molecule has 26 heavy (non-hydrogen) atoms. The van der Waals surface area contributed by atoms with E-state index >= 15 is 0 Å². The van der Waals surface area contributed by atoms with Gasteiger partial charge in [0, 0.05) is 26.5 Å². The number of thiazole rings is 1. The van der Waals surface area contributed by atoms with Gasteiger partial charge in [-0.25, -0.2) is 18.5 Å². The number of aromatic nitrogens is 1. The molecule has 4 rings (SSSR count). The molecule has 0 unspecified atom stereocenters. The molecule has 0 radical (unpaired) electrons. The van der Waals surface area contributed by atoms with Crippen molar-refractivity contribution in [2.45, 2.75) is 4.90 Å². The van der Waals surface area contributed by atoms with Gasteiger partial charge >= 0.3 is 0 Å². The molecule has 0 amide bonds. The van der Waals surface area contributed by atoms with E-state index in [0.717, 1.165) is 15.1 Å². The van der Waals surface area contributed by atoms with E-state index in [1.165, 1.54) is 34.8 Å². The van der Waals surface area contributed by atoms with Crippen LogP contribution in [0.3, 0.4) is 0 Å². The molecule has 5 nitrogen and oxygen atoms in total. The Morgan fingerprint density at radius 3 is 2.38 bits per heavy atom. The van der Waals surface area contributed by atoms with Crippen LogP contribution in [0.4, 0.5) is 0 Å². The number of primary sulfonamides is 1. The van der Waals surface area contributed by atoms with Gasteiger partial charge in [-0.05, 0) is 29.8 Å². The summed E-state index contributed by atoms with van der Waals surface area (Å²) >= 11 is 2.87. The molecule has 0 saturated carbocycles. The Balaban J connectivity index is 2.03. The van der Waals surface area contributed by atoms with E-state index in [0.29, 0.717) is 16.0 Å². The minimum absolute atomic E-state index is 0.0326. The van der Waals surface area contributed by atoms with Crippen LogP contribution in [0, 0.1) is 0 Å². The second-order valence-electron chi connectivity index (χ2n) is 5.54. The van der Waals surface area contributed by atoms with Crippen LogP contribution in [0.1, 0.15) is 0 Å². The molecule has 0 fully saturated rings. The van der Waals surface area contributed by atoms with Crippen molar-refractivity contribution in [3.05, 3.63) is 70.3 Å². The second kappa shape index (κ2) is 6.40. The van der Waals surface area contributed by atoms with Crippen LogP contribution < -0.4 is 10.6 Å². The van der Waals surface area contributed by atoms with E-state index in [1.807, 2.05) is 23.6 Å². The summed E-state index contributed by atoms with van der Waals surface area (Å²) in [6, 6.07) is 13.6. The molecule has 0 spiro atoms. The van der Waals surface area contributed by atoms with E-state index in [-0.39, 0.29) is 10.3 Å². The predicted octanol–water partition coefficient (Wildman–Crippen LogP) is 3.70. The van der Waals surface area contributed by atoms with Crippen LogP contribution in [0.5, 0.6) is 0 Å². The van der Waals surface area contributed by atoms with Crippen LogP contribution >= 0.6 is 22.7 Å². The van der Waals surface area contributed by atoms with Gasteiger partial charge < -0.3 is 0 Å². The first-order valence-corrected chi connectivity index (χ1v) is 10.8. The minimum atomic E-state index is -3.77. The number of nitrogens with zero attached hydrogens (tertiary/aromatic N) is 1. The molecule has 8 heteroatoms. The van der Waals surface area contributed by atoms with Gasteiger partial charge in [0.2, 0.25) is 10.0 Å². The fourth-order valence-electron chi connectivity index (χ4n) is 2.68. The maximum absolute atomic E-state index is 13.1. The number of nitrogens with two attached hydrogens (primary N) is 1. The van der Waals surface area contributed by atoms with E-state index in [4.69, 9.17) is 5.14 Å². The predicted molar refractivity (Wildman–Crippen MR) is 106 cm³/mol. The van der Waals surface area contributed by atoms with Crippen LogP contribution in [0.25, 0.3) is 31.1 Å². The summed E-state index contributed by atoms with van der Waals surface area (Å²) in [6.45, 7) is 0. The molecule has 0 aliphatic rings. The Morgan fingerprint density at radius 1 is 1.00 bits per heavy atom. The van der Waals surface area contributed by atoms with Gasteiger partial charge in [0.25, 0.3) is 0 Å². The minimum Gasteiger partial charge on any atom is -0.288 e. The molecule has 0 bridgehead atoms. The van der Waals surface area contributed by atoms with E-state index in [1.54, 1.807) is 24.4 Å². The summed E-state index contributed by atoms with van der Waals surface area (Å²) in [5.41, 5.74) is 1.20. The third kappa shape index (κ3) is 2.97. The number of rotatable bonds is 3. The van der Waals surface area contributed by atoms with Crippen molar-refractivity contribution in [2.75, 3.05) is 0 Å². The average molecular weight is 401 g/mol. The molecule has 0 aliphatic carbocycles. The zero-order valence-electron chi connectivity index (χ0n) is 13.2. The number of hydrogen-bond donors (Lipinski definition) is 1. The monoisotopic (exact) mass is 400 g/mol. The first kappa shape index (κ1) is 17.0. The average Bonchev–Trinajstić information content (AvgIpc) is 3.15. The van der Waals surface area contributed by atoms with Crippen LogP contribution in [-0.4, -0.2) is 13.4 Å². The van der Waals surface area contributed by atoms with Gasteiger partial charge in [0.05, 0.1) is 10.5 Å². The van der Waals surface area contributed by atoms with Gasteiger partial charge in [-0.1, -0.05) is 24.3 Å². The van der Waals surface area contributed by atoms with Gasteiger partial charge in [-0.2, -0.15) is 0 Å². The second-order valence-corrected chi connectivity index (χ2v) is 9.05. The zero-order chi connectivity index (χ0) is 18.3. The normalized spacial score (nSPS) is 11.7. The Hall–Kier alpha value is -2.39. The highest BCUT2D eigenvalue weighted by molar-refractivity contribution is 7.89. The van der Waals surface area contributed by atoms with Gasteiger partial charge in [-0.3, -0.25) is 4.79 Å². The van der Waals surface area contributed by atoms with Crippen molar-refractivity contribution >= 4 is 42.8 Å². The topological polar surface area (TPSA) is 90.1 Å². The SMILES string of the molecule is NS(=O)(=O)c1ccc(-c2sc3ccccc3c(=O)c2-c2nccs2)cc1. The summed E-state index contributed by atoms with van der Waals surface area (Å²) in [4.78, 5) is 18.2. The van der Waals surface area contributed by atoms with Crippen molar-refractivity contribution < 1.29 is 8.42 Å². The lowest BCUT2D eigenvalue weighted by Gasteiger charge is -2.09. The lowest BCUT2D eigenvalue weighted by atomic mass is 10.1. The summed E-state index contributed by atoms with van der Waals surface area (Å²) in [5.74, 6) is 0. The van der Waals surface area contributed by atoms with Crippen LogP contribution in [0.2, 0.25) is 0 Å². The molecule has 2 aromatic heterocycles. The smallest absolute Gasteiger partial charge is 0.238 e. The Labute approximate surface area is 157 Å². The van der Waals surface area contributed by atoms with E-state index in [2.05, 4.69) is 4.98 Å². The quantitative estimate of drug-likeness (QED) is 0.568.